The van der Waals surface area contributed by atoms with Gasteiger partial charge >= 0.3 is 0 Å². The molecule has 2 aromatic rings. The van der Waals surface area contributed by atoms with Gasteiger partial charge in [0.1, 0.15) is 0 Å². The second kappa shape index (κ2) is 9.32. The van der Waals surface area contributed by atoms with Crippen LogP contribution in [-0.4, -0.2) is 40.1 Å². The lowest BCUT2D eigenvalue weighted by Crippen LogP contribution is -2.41. The fourth-order valence-electron chi connectivity index (χ4n) is 3.62. The molecule has 0 radical (unpaired) electrons. The first-order valence-electron chi connectivity index (χ1n) is 9.47. The third kappa shape index (κ3) is 5.65. The first-order chi connectivity index (χ1) is 13.1. The number of likely N-dealkylation sites (tertiary alicyclic amines) is 1. The molecular formula is C20H26N4O3. The second-order valence-corrected chi connectivity index (χ2v) is 7.03. The van der Waals surface area contributed by atoms with E-state index in [1.165, 1.54) is 24.5 Å². The molecule has 144 valence electrons. The molecule has 1 atom stereocenters. The minimum Gasteiger partial charge on any atom is -0.356 e. The molecule has 1 aliphatic heterocycles. The van der Waals surface area contributed by atoms with E-state index in [4.69, 9.17) is 0 Å². The second-order valence-electron chi connectivity index (χ2n) is 7.03. The Morgan fingerprint density at radius 3 is 2.78 bits per heavy atom. The average Bonchev–Trinajstić information content (AvgIpc) is 2.67. The van der Waals surface area contributed by atoms with E-state index in [-0.39, 0.29) is 17.9 Å². The van der Waals surface area contributed by atoms with Crippen molar-refractivity contribution in [2.75, 3.05) is 13.1 Å². The van der Waals surface area contributed by atoms with Gasteiger partial charge < -0.3 is 5.32 Å². The molecule has 0 spiro atoms. The standard InChI is InChI=1S/C20H26N4O3/c25-18(12-16-13-19(26)22-23-20(16)27)21-10-9-17-8-4-5-11-24(17)14-15-6-2-1-3-7-15/h1-3,6-7,13,17H,4-5,8-12,14H2,(H,21,25)(H,22,26)(H,23,27)/t17-/m0/s1. The van der Waals surface area contributed by atoms with E-state index < -0.39 is 11.1 Å². The van der Waals surface area contributed by atoms with Crippen LogP contribution in [0.25, 0.3) is 0 Å². The third-order valence-electron chi connectivity index (χ3n) is 5.02. The Morgan fingerprint density at radius 1 is 1.15 bits per heavy atom. The summed E-state index contributed by atoms with van der Waals surface area (Å²) < 4.78 is 0. The fourth-order valence-corrected chi connectivity index (χ4v) is 3.62. The van der Waals surface area contributed by atoms with E-state index in [2.05, 4.69) is 44.7 Å². The lowest BCUT2D eigenvalue weighted by Gasteiger charge is -2.36. The number of hydrogen-bond acceptors (Lipinski definition) is 4. The molecule has 1 aromatic carbocycles. The minimum atomic E-state index is -0.439. The summed E-state index contributed by atoms with van der Waals surface area (Å²) in [5.74, 6) is -0.239. The molecule has 3 rings (SSSR count). The molecule has 0 unspecified atom stereocenters. The van der Waals surface area contributed by atoms with E-state index in [0.29, 0.717) is 12.6 Å². The number of hydrogen-bond donors (Lipinski definition) is 3. The number of aromatic amines is 2. The van der Waals surface area contributed by atoms with Crippen LogP contribution in [0, 0.1) is 0 Å². The average molecular weight is 370 g/mol. The van der Waals surface area contributed by atoms with Crippen LogP contribution in [0.5, 0.6) is 0 Å². The van der Waals surface area contributed by atoms with Crippen molar-refractivity contribution in [1.82, 2.24) is 20.4 Å². The molecule has 27 heavy (non-hydrogen) atoms. The molecule has 1 amide bonds. The number of nitrogens with zero attached hydrogens (tertiary/aromatic N) is 1. The Hall–Kier alpha value is -2.67. The molecule has 1 saturated heterocycles. The number of carbonyl (C=O) groups excluding carboxylic acids is 1. The van der Waals surface area contributed by atoms with Gasteiger partial charge in [-0.25, -0.2) is 0 Å². The van der Waals surface area contributed by atoms with Crippen LogP contribution in [0.1, 0.15) is 36.8 Å². The molecule has 0 aliphatic carbocycles. The monoisotopic (exact) mass is 370 g/mol. The lowest BCUT2D eigenvalue weighted by atomic mass is 9.98. The number of aromatic nitrogens is 2. The predicted molar refractivity (Wildman–Crippen MR) is 104 cm³/mol. The largest absolute Gasteiger partial charge is 0.356 e. The zero-order valence-electron chi connectivity index (χ0n) is 15.4. The van der Waals surface area contributed by atoms with Crippen LogP contribution < -0.4 is 16.4 Å². The van der Waals surface area contributed by atoms with E-state index in [1.54, 1.807) is 0 Å². The van der Waals surface area contributed by atoms with Crippen LogP contribution in [0.2, 0.25) is 0 Å². The van der Waals surface area contributed by atoms with Crippen molar-refractivity contribution in [1.29, 1.82) is 0 Å². The Bertz CT molecular complexity index is 859. The fraction of sp³-hybridized carbons (Fsp3) is 0.450. The van der Waals surface area contributed by atoms with Gasteiger partial charge in [0.15, 0.2) is 0 Å². The maximum Gasteiger partial charge on any atom is 0.266 e. The summed E-state index contributed by atoms with van der Waals surface area (Å²) in [6.07, 6.45) is 4.35. The molecular weight excluding hydrogens is 344 g/mol. The summed E-state index contributed by atoms with van der Waals surface area (Å²) in [7, 11) is 0. The summed E-state index contributed by atoms with van der Waals surface area (Å²) >= 11 is 0. The minimum absolute atomic E-state index is 0.0857. The summed E-state index contributed by atoms with van der Waals surface area (Å²) in [4.78, 5) is 37.5. The summed E-state index contributed by atoms with van der Waals surface area (Å²) in [5, 5.41) is 7.30. The molecule has 1 aromatic heterocycles. The van der Waals surface area contributed by atoms with Crippen LogP contribution in [-0.2, 0) is 17.8 Å². The van der Waals surface area contributed by atoms with Crippen LogP contribution in [0.15, 0.2) is 46.0 Å². The first kappa shape index (κ1) is 19.1. The topological polar surface area (TPSA) is 98.1 Å². The number of nitrogens with one attached hydrogen (secondary N) is 3. The molecule has 7 heteroatoms. The number of benzene rings is 1. The van der Waals surface area contributed by atoms with Crippen LogP contribution >= 0.6 is 0 Å². The van der Waals surface area contributed by atoms with Crippen LogP contribution in [0.3, 0.4) is 0 Å². The maximum absolute atomic E-state index is 12.1. The van der Waals surface area contributed by atoms with Crippen LogP contribution in [0.4, 0.5) is 0 Å². The van der Waals surface area contributed by atoms with Crippen molar-refractivity contribution in [2.45, 2.75) is 44.7 Å². The maximum atomic E-state index is 12.1. The molecule has 0 saturated carbocycles. The third-order valence-corrected chi connectivity index (χ3v) is 5.02. The number of carbonyl (C=O) groups is 1. The van der Waals surface area contributed by atoms with Gasteiger partial charge in [0.2, 0.25) is 5.91 Å². The molecule has 1 aliphatic rings. The van der Waals surface area contributed by atoms with Gasteiger partial charge in [-0.05, 0) is 31.4 Å². The Kier molecular flexibility index (Phi) is 6.59. The summed E-state index contributed by atoms with van der Waals surface area (Å²) in [6.45, 7) is 2.58. The zero-order valence-corrected chi connectivity index (χ0v) is 15.4. The van der Waals surface area contributed by atoms with Gasteiger partial charge in [0.05, 0.1) is 6.42 Å². The highest BCUT2D eigenvalue weighted by Gasteiger charge is 2.22. The summed E-state index contributed by atoms with van der Waals surface area (Å²) in [6, 6.07) is 12.1. The SMILES string of the molecule is O=C(Cc1cc(=O)[nH][nH]c1=O)NCC[C@@H]1CCCCN1Cc1ccccc1. The highest BCUT2D eigenvalue weighted by Crippen LogP contribution is 2.21. The van der Waals surface area contributed by atoms with Crippen molar-refractivity contribution in [2.24, 2.45) is 0 Å². The van der Waals surface area contributed by atoms with Crippen molar-refractivity contribution in [3.8, 4) is 0 Å². The predicted octanol–water partition coefficient (Wildman–Crippen LogP) is 1.17. The van der Waals surface area contributed by atoms with Gasteiger partial charge in [-0.1, -0.05) is 36.8 Å². The number of piperidine rings is 1. The van der Waals surface area contributed by atoms with Crippen molar-refractivity contribution in [3.05, 3.63) is 68.2 Å². The van der Waals surface area contributed by atoms with Gasteiger partial charge in [-0.3, -0.25) is 29.5 Å². The van der Waals surface area contributed by atoms with E-state index in [0.717, 1.165) is 25.9 Å². The Morgan fingerprint density at radius 2 is 1.96 bits per heavy atom. The number of rotatable bonds is 7. The molecule has 7 nitrogen and oxygen atoms in total. The van der Waals surface area contributed by atoms with Gasteiger partial charge in [-0.15, -0.1) is 0 Å². The van der Waals surface area contributed by atoms with Gasteiger partial charge in [0, 0.05) is 30.8 Å². The highest BCUT2D eigenvalue weighted by molar-refractivity contribution is 5.78. The summed E-state index contributed by atoms with van der Waals surface area (Å²) in [5.41, 5.74) is 0.629. The normalized spacial score (nSPS) is 17.6. The Labute approximate surface area is 157 Å². The molecule has 2 heterocycles. The van der Waals surface area contributed by atoms with Crippen molar-refractivity contribution < 1.29 is 4.79 Å². The van der Waals surface area contributed by atoms with Gasteiger partial charge in [-0.2, -0.15) is 0 Å². The molecule has 0 bridgehead atoms. The van der Waals surface area contributed by atoms with E-state index >= 15 is 0 Å². The molecule has 3 N–H and O–H groups in total. The lowest BCUT2D eigenvalue weighted by molar-refractivity contribution is -0.120. The number of H-pyrrole nitrogens is 2. The quantitative estimate of drug-likeness (QED) is 0.681. The Balaban J connectivity index is 1.49. The first-order valence-corrected chi connectivity index (χ1v) is 9.47. The zero-order chi connectivity index (χ0) is 19.1. The smallest absolute Gasteiger partial charge is 0.266 e. The van der Waals surface area contributed by atoms with Crippen molar-refractivity contribution >= 4 is 5.91 Å². The highest BCUT2D eigenvalue weighted by atomic mass is 16.2. The van der Waals surface area contributed by atoms with E-state index in [9.17, 15) is 14.4 Å². The van der Waals surface area contributed by atoms with Gasteiger partial charge in [0.25, 0.3) is 11.1 Å². The number of amides is 1. The molecule has 1 fully saturated rings. The van der Waals surface area contributed by atoms with E-state index in [1.807, 2.05) is 6.07 Å². The van der Waals surface area contributed by atoms with Crippen molar-refractivity contribution in [3.63, 3.8) is 0 Å².